The first-order valence-electron chi connectivity index (χ1n) is 4.98. The lowest BCUT2D eigenvalue weighted by atomic mass is 10.1. The third-order valence-electron chi connectivity index (χ3n) is 1.83. The Labute approximate surface area is 104 Å². The lowest BCUT2D eigenvalue weighted by Gasteiger charge is -2.04. The summed E-state index contributed by atoms with van der Waals surface area (Å²) >= 11 is 5.02. The maximum atomic E-state index is 11.5. The second-order valence-electron chi connectivity index (χ2n) is 3.88. The Morgan fingerprint density at radius 1 is 1.47 bits per heavy atom. The van der Waals surface area contributed by atoms with Crippen molar-refractivity contribution in [2.24, 2.45) is 5.92 Å². The van der Waals surface area contributed by atoms with E-state index in [9.17, 15) is 4.79 Å². The Kier molecular flexibility index (Phi) is 5.40. The number of carbonyl (C=O) groups excluding carboxylic acids is 1. The van der Waals surface area contributed by atoms with Crippen molar-refractivity contribution >= 4 is 33.5 Å². The molecule has 0 fully saturated rings. The molecule has 1 aromatic rings. The van der Waals surface area contributed by atoms with Gasteiger partial charge in [-0.25, -0.2) is 0 Å². The molecule has 0 bridgehead atoms. The van der Waals surface area contributed by atoms with E-state index in [0.717, 1.165) is 9.37 Å². The number of Topliss-reactive ketones (excluding diaryl/α,β-unsaturated/α-hetero) is 1. The van der Waals surface area contributed by atoms with Crippen molar-refractivity contribution in [1.82, 2.24) is 0 Å². The Balaban J connectivity index is 2.40. The lowest BCUT2D eigenvalue weighted by Crippen LogP contribution is -2.05. The summed E-state index contributed by atoms with van der Waals surface area (Å²) in [6.45, 7) is 4.14. The molecule has 82 valence electrons. The summed E-state index contributed by atoms with van der Waals surface area (Å²) in [4.78, 5) is 12.6. The Hall–Kier alpha value is -0.280. The summed E-state index contributed by atoms with van der Waals surface area (Å²) in [5.74, 6) is 1.37. The highest BCUT2D eigenvalue weighted by atomic mass is 79.9. The number of hydrogen-bond acceptors (Lipinski definition) is 2. The van der Waals surface area contributed by atoms with Gasteiger partial charge in [0.2, 0.25) is 0 Å². The summed E-state index contributed by atoms with van der Waals surface area (Å²) in [6.07, 6.45) is 0.682. The predicted molar refractivity (Wildman–Crippen MR) is 69.3 cm³/mol. The fourth-order valence-electron chi connectivity index (χ4n) is 1.23. The van der Waals surface area contributed by atoms with Gasteiger partial charge in [-0.05, 0) is 24.1 Å². The highest BCUT2D eigenvalue weighted by Gasteiger charge is 2.05. The van der Waals surface area contributed by atoms with Gasteiger partial charge in [0, 0.05) is 15.8 Å². The molecule has 15 heavy (non-hydrogen) atoms. The molecule has 1 aromatic carbocycles. The van der Waals surface area contributed by atoms with Crippen LogP contribution in [0.15, 0.2) is 33.6 Å². The SMILES string of the molecule is CC(C)CC(=O)CSc1cccc(Br)c1. The van der Waals surface area contributed by atoms with Gasteiger partial charge in [-0.2, -0.15) is 0 Å². The Morgan fingerprint density at radius 2 is 2.20 bits per heavy atom. The van der Waals surface area contributed by atoms with Gasteiger partial charge < -0.3 is 0 Å². The normalized spacial score (nSPS) is 10.7. The van der Waals surface area contributed by atoms with Crippen molar-refractivity contribution in [3.63, 3.8) is 0 Å². The molecule has 0 atom stereocenters. The number of hydrogen-bond donors (Lipinski definition) is 0. The number of halogens is 1. The van der Waals surface area contributed by atoms with E-state index in [2.05, 4.69) is 29.8 Å². The van der Waals surface area contributed by atoms with E-state index in [0.29, 0.717) is 23.9 Å². The van der Waals surface area contributed by atoms with Crippen molar-refractivity contribution in [3.8, 4) is 0 Å². The van der Waals surface area contributed by atoms with Crippen LogP contribution in [0.3, 0.4) is 0 Å². The van der Waals surface area contributed by atoms with Gasteiger partial charge in [0.1, 0.15) is 5.78 Å². The maximum Gasteiger partial charge on any atom is 0.143 e. The minimum absolute atomic E-state index is 0.329. The molecular weight excluding hydrogens is 272 g/mol. The van der Waals surface area contributed by atoms with Crippen molar-refractivity contribution in [1.29, 1.82) is 0 Å². The van der Waals surface area contributed by atoms with Crippen LogP contribution in [-0.2, 0) is 4.79 Å². The van der Waals surface area contributed by atoms with Crippen LogP contribution < -0.4 is 0 Å². The molecule has 0 aromatic heterocycles. The van der Waals surface area contributed by atoms with E-state index >= 15 is 0 Å². The Morgan fingerprint density at radius 3 is 2.80 bits per heavy atom. The number of rotatable bonds is 5. The van der Waals surface area contributed by atoms with Crippen molar-refractivity contribution in [2.75, 3.05) is 5.75 Å². The largest absolute Gasteiger partial charge is 0.299 e. The summed E-state index contributed by atoms with van der Waals surface area (Å²) in [5, 5.41) is 0. The zero-order valence-corrected chi connectivity index (χ0v) is 11.4. The molecule has 0 spiro atoms. The Bertz CT molecular complexity index is 336. The van der Waals surface area contributed by atoms with Gasteiger partial charge in [-0.3, -0.25) is 4.79 Å². The van der Waals surface area contributed by atoms with Crippen molar-refractivity contribution in [3.05, 3.63) is 28.7 Å². The second kappa shape index (κ2) is 6.33. The van der Waals surface area contributed by atoms with Gasteiger partial charge in [-0.1, -0.05) is 35.8 Å². The van der Waals surface area contributed by atoms with Crippen LogP contribution in [0.25, 0.3) is 0 Å². The third kappa shape index (κ3) is 5.38. The summed E-state index contributed by atoms with van der Waals surface area (Å²) < 4.78 is 1.06. The number of ketones is 1. The molecule has 0 aliphatic heterocycles. The smallest absolute Gasteiger partial charge is 0.143 e. The summed E-state index contributed by atoms with van der Waals surface area (Å²) in [7, 11) is 0. The fraction of sp³-hybridized carbons (Fsp3) is 0.417. The summed E-state index contributed by atoms with van der Waals surface area (Å²) in [5.41, 5.74) is 0. The first-order valence-corrected chi connectivity index (χ1v) is 6.76. The molecule has 1 rings (SSSR count). The van der Waals surface area contributed by atoms with Gasteiger partial charge in [0.15, 0.2) is 0 Å². The first-order chi connectivity index (χ1) is 7.08. The molecule has 0 aliphatic rings. The summed E-state index contributed by atoms with van der Waals surface area (Å²) in [6, 6.07) is 8.03. The standard InChI is InChI=1S/C12H15BrOS/c1-9(2)6-11(14)8-15-12-5-3-4-10(13)7-12/h3-5,7,9H,6,8H2,1-2H3. The van der Waals surface area contributed by atoms with Gasteiger partial charge in [0.25, 0.3) is 0 Å². The minimum Gasteiger partial charge on any atom is -0.299 e. The zero-order chi connectivity index (χ0) is 11.3. The molecular formula is C12H15BrOS. The average molecular weight is 287 g/mol. The number of carbonyl (C=O) groups is 1. The number of benzene rings is 1. The molecule has 0 radical (unpaired) electrons. The predicted octanol–water partition coefficient (Wildman–Crippen LogP) is 4.16. The number of thioether (sulfide) groups is 1. The van der Waals surface area contributed by atoms with Gasteiger partial charge in [-0.15, -0.1) is 11.8 Å². The molecule has 0 amide bonds. The van der Waals surface area contributed by atoms with Crippen LogP contribution in [0, 0.1) is 5.92 Å². The van der Waals surface area contributed by atoms with E-state index < -0.39 is 0 Å². The molecule has 0 heterocycles. The molecule has 0 N–H and O–H groups in total. The maximum absolute atomic E-state index is 11.5. The van der Waals surface area contributed by atoms with Crippen LogP contribution in [0.1, 0.15) is 20.3 Å². The van der Waals surface area contributed by atoms with E-state index in [1.165, 1.54) is 0 Å². The quantitative estimate of drug-likeness (QED) is 0.756. The fourth-order valence-corrected chi connectivity index (χ4v) is 2.62. The second-order valence-corrected chi connectivity index (χ2v) is 5.85. The van der Waals surface area contributed by atoms with Crippen LogP contribution in [0.2, 0.25) is 0 Å². The minimum atomic E-state index is 0.329. The van der Waals surface area contributed by atoms with Crippen LogP contribution in [-0.4, -0.2) is 11.5 Å². The molecule has 0 aliphatic carbocycles. The monoisotopic (exact) mass is 286 g/mol. The topological polar surface area (TPSA) is 17.1 Å². The molecule has 0 saturated carbocycles. The third-order valence-corrected chi connectivity index (χ3v) is 3.38. The molecule has 3 heteroatoms. The van der Waals surface area contributed by atoms with Gasteiger partial charge in [0.05, 0.1) is 5.75 Å². The highest BCUT2D eigenvalue weighted by molar-refractivity contribution is 9.10. The van der Waals surface area contributed by atoms with Crippen LogP contribution in [0.5, 0.6) is 0 Å². The highest BCUT2D eigenvalue weighted by Crippen LogP contribution is 2.22. The van der Waals surface area contributed by atoms with Crippen molar-refractivity contribution < 1.29 is 4.79 Å². The van der Waals surface area contributed by atoms with Crippen molar-refractivity contribution in [2.45, 2.75) is 25.2 Å². The van der Waals surface area contributed by atoms with E-state index in [-0.39, 0.29) is 0 Å². The van der Waals surface area contributed by atoms with E-state index in [1.54, 1.807) is 11.8 Å². The molecule has 1 nitrogen and oxygen atoms in total. The van der Waals surface area contributed by atoms with Gasteiger partial charge >= 0.3 is 0 Å². The van der Waals surface area contributed by atoms with Crippen LogP contribution >= 0.6 is 27.7 Å². The van der Waals surface area contributed by atoms with Crippen LogP contribution in [0.4, 0.5) is 0 Å². The van der Waals surface area contributed by atoms with E-state index in [1.807, 2.05) is 24.3 Å². The average Bonchev–Trinajstić information content (AvgIpc) is 2.14. The van der Waals surface area contributed by atoms with E-state index in [4.69, 9.17) is 0 Å². The lowest BCUT2D eigenvalue weighted by molar-refractivity contribution is -0.117. The first kappa shape index (κ1) is 12.8. The zero-order valence-electron chi connectivity index (χ0n) is 9.00. The molecule has 0 unspecified atom stereocenters. The molecule has 0 saturated heterocycles.